The maximum Gasteiger partial charge on any atom is 0.244 e. The number of hydrogen-bond donors (Lipinski definition) is 0. The van der Waals surface area contributed by atoms with Crippen molar-refractivity contribution in [2.24, 2.45) is 0 Å². The van der Waals surface area contributed by atoms with Crippen LogP contribution < -0.4 is 4.90 Å². The Morgan fingerprint density at radius 3 is 2.33 bits per heavy atom. The van der Waals surface area contributed by atoms with Gasteiger partial charge in [0.05, 0.1) is 17.2 Å². The molecule has 0 N–H and O–H groups in total. The highest BCUT2D eigenvalue weighted by molar-refractivity contribution is 7.11. The molecule has 1 unspecified atom stereocenters. The van der Waals surface area contributed by atoms with Gasteiger partial charge in [0.25, 0.3) is 0 Å². The minimum absolute atomic E-state index is 0.188. The van der Waals surface area contributed by atoms with Gasteiger partial charge in [-0.2, -0.15) is 0 Å². The third kappa shape index (κ3) is 3.41. The Kier molecular flexibility index (Phi) is 5.11. The molecule has 0 fully saturated rings. The summed E-state index contributed by atoms with van der Waals surface area (Å²) in [6.45, 7) is 0.596. The fourth-order valence-electron chi connectivity index (χ4n) is 5.46. The molecule has 1 spiro atoms. The van der Waals surface area contributed by atoms with Crippen molar-refractivity contribution in [3.05, 3.63) is 117 Å². The van der Waals surface area contributed by atoms with Crippen LogP contribution in [0.25, 0.3) is 0 Å². The molecule has 1 aliphatic heterocycles. The Balaban J connectivity index is 1.38. The van der Waals surface area contributed by atoms with E-state index >= 15 is 0 Å². The highest BCUT2D eigenvalue weighted by Crippen LogP contribution is 2.53. The van der Waals surface area contributed by atoms with Crippen LogP contribution in [0.4, 0.5) is 5.69 Å². The lowest BCUT2D eigenvalue weighted by Gasteiger charge is -2.31. The number of amides is 1. The normalized spacial score (nSPS) is 19.0. The number of para-hydroxylation sites is 1. The largest absolute Gasteiger partial charge is 0.307 e. The van der Waals surface area contributed by atoms with Crippen molar-refractivity contribution < 1.29 is 4.79 Å². The van der Waals surface area contributed by atoms with Crippen molar-refractivity contribution in [1.29, 1.82) is 0 Å². The summed E-state index contributed by atoms with van der Waals surface area (Å²) < 4.78 is 0. The molecular formula is C29H26N2OS. The van der Waals surface area contributed by atoms with Crippen molar-refractivity contribution in [1.82, 2.24) is 4.98 Å². The summed E-state index contributed by atoms with van der Waals surface area (Å²) in [6, 6.07) is 29.2. The zero-order valence-electron chi connectivity index (χ0n) is 18.5. The van der Waals surface area contributed by atoms with Crippen LogP contribution >= 0.6 is 11.3 Å². The van der Waals surface area contributed by atoms with Crippen molar-refractivity contribution >= 4 is 22.9 Å². The van der Waals surface area contributed by atoms with Gasteiger partial charge < -0.3 is 4.90 Å². The molecule has 1 aliphatic carbocycles. The van der Waals surface area contributed by atoms with Gasteiger partial charge in [0, 0.05) is 17.0 Å². The van der Waals surface area contributed by atoms with E-state index in [9.17, 15) is 4.79 Å². The molecule has 0 bridgehead atoms. The fourth-order valence-corrected chi connectivity index (χ4v) is 6.65. The summed E-state index contributed by atoms with van der Waals surface area (Å²) in [6.07, 6.45) is 4.77. The molecule has 33 heavy (non-hydrogen) atoms. The predicted molar refractivity (Wildman–Crippen MR) is 134 cm³/mol. The van der Waals surface area contributed by atoms with E-state index in [0.29, 0.717) is 6.54 Å². The lowest BCUT2D eigenvalue weighted by atomic mass is 9.71. The monoisotopic (exact) mass is 450 g/mol. The summed E-state index contributed by atoms with van der Waals surface area (Å²) in [5.74, 6) is 0.188. The molecule has 3 aromatic carbocycles. The molecule has 6 rings (SSSR count). The van der Waals surface area contributed by atoms with Gasteiger partial charge in [-0.1, -0.05) is 78.9 Å². The fraction of sp³-hybridized carbons (Fsp3) is 0.241. The van der Waals surface area contributed by atoms with Crippen LogP contribution in [0.5, 0.6) is 0 Å². The first kappa shape index (κ1) is 20.4. The van der Waals surface area contributed by atoms with Crippen LogP contribution in [-0.2, 0) is 36.0 Å². The van der Waals surface area contributed by atoms with Crippen LogP contribution in [0, 0.1) is 0 Å². The van der Waals surface area contributed by atoms with E-state index in [1.807, 2.05) is 40.5 Å². The van der Waals surface area contributed by atoms with Gasteiger partial charge in [-0.3, -0.25) is 4.79 Å². The van der Waals surface area contributed by atoms with Gasteiger partial charge in [0.1, 0.15) is 5.41 Å². The molecule has 4 aromatic rings. The predicted octanol–water partition coefficient (Wildman–Crippen LogP) is 6.10. The quantitative estimate of drug-likeness (QED) is 0.368. The van der Waals surface area contributed by atoms with E-state index in [-0.39, 0.29) is 5.91 Å². The van der Waals surface area contributed by atoms with Crippen LogP contribution in [0.1, 0.15) is 45.1 Å². The maximum atomic E-state index is 14.2. The smallest absolute Gasteiger partial charge is 0.244 e. The van der Waals surface area contributed by atoms with E-state index < -0.39 is 5.41 Å². The minimum atomic E-state index is -0.638. The number of carbonyl (C=O) groups excluding carboxylic acids is 1. The van der Waals surface area contributed by atoms with E-state index in [1.54, 1.807) is 0 Å². The first-order chi connectivity index (χ1) is 16.3. The zero-order valence-corrected chi connectivity index (χ0v) is 19.4. The van der Waals surface area contributed by atoms with Crippen LogP contribution in [-0.4, -0.2) is 10.9 Å². The van der Waals surface area contributed by atoms with Crippen molar-refractivity contribution in [3.8, 4) is 0 Å². The topological polar surface area (TPSA) is 33.2 Å². The average molecular weight is 451 g/mol. The SMILES string of the molecule is O=C1N(Cc2ccccc2)c2ccccc2C12CCCc1sc(CCc3ccccc3)nc12. The Morgan fingerprint density at radius 1 is 0.848 bits per heavy atom. The second-order valence-electron chi connectivity index (χ2n) is 9.02. The van der Waals surface area contributed by atoms with Gasteiger partial charge in [-0.15, -0.1) is 11.3 Å². The molecule has 1 amide bonds. The third-order valence-electron chi connectivity index (χ3n) is 7.02. The molecule has 4 heteroatoms. The number of nitrogens with zero attached hydrogens (tertiary/aromatic N) is 2. The number of aromatic nitrogens is 1. The summed E-state index contributed by atoms with van der Waals surface area (Å²) >= 11 is 1.82. The van der Waals surface area contributed by atoms with Gasteiger partial charge >= 0.3 is 0 Å². The molecule has 2 heterocycles. The number of thiazole rings is 1. The highest BCUT2D eigenvalue weighted by atomic mass is 32.1. The summed E-state index contributed by atoms with van der Waals surface area (Å²) in [4.78, 5) is 22.6. The molecule has 2 aliphatic rings. The molecular weight excluding hydrogens is 424 g/mol. The van der Waals surface area contributed by atoms with E-state index in [1.165, 1.54) is 10.4 Å². The molecule has 1 aromatic heterocycles. The summed E-state index contributed by atoms with van der Waals surface area (Å²) in [5, 5.41) is 1.15. The molecule has 3 nitrogen and oxygen atoms in total. The maximum absolute atomic E-state index is 14.2. The zero-order chi connectivity index (χ0) is 22.3. The van der Waals surface area contributed by atoms with Gasteiger partial charge in [-0.25, -0.2) is 4.98 Å². The van der Waals surface area contributed by atoms with Gasteiger partial charge in [0.2, 0.25) is 5.91 Å². The number of hydrogen-bond acceptors (Lipinski definition) is 3. The minimum Gasteiger partial charge on any atom is -0.307 e. The number of carbonyl (C=O) groups is 1. The van der Waals surface area contributed by atoms with Crippen LogP contribution in [0.15, 0.2) is 84.9 Å². The third-order valence-corrected chi connectivity index (χ3v) is 8.20. The molecule has 0 saturated carbocycles. The van der Waals surface area contributed by atoms with Crippen LogP contribution in [0.3, 0.4) is 0 Å². The Bertz CT molecular complexity index is 1300. The Hall–Kier alpha value is -3.24. The molecule has 164 valence electrons. The Morgan fingerprint density at radius 2 is 1.55 bits per heavy atom. The molecule has 0 radical (unpaired) electrons. The number of rotatable bonds is 5. The molecule has 0 saturated heterocycles. The van der Waals surface area contributed by atoms with Crippen molar-refractivity contribution in [2.45, 2.75) is 44.1 Å². The lowest BCUT2D eigenvalue weighted by molar-refractivity contribution is -0.122. The molecule has 1 atom stereocenters. The van der Waals surface area contributed by atoms with Crippen LogP contribution in [0.2, 0.25) is 0 Å². The first-order valence-corrected chi connectivity index (χ1v) is 12.6. The average Bonchev–Trinajstić information content (AvgIpc) is 3.39. The van der Waals surface area contributed by atoms with E-state index in [2.05, 4.69) is 60.7 Å². The Labute approximate surface area is 198 Å². The van der Waals surface area contributed by atoms with Gasteiger partial charge in [0.15, 0.2) is 0 Å². The van der Waals surface area contributed by atoms with Crippen molar-refractivity contribution in [2.75, 3.05) is 4.90 Å². The first-order valence-electron chi connectivity index (χ1n) is 11.7. The van der Waals surface area contributed by atoms with E-state index in [0.717, 1.165) is 59.6 Å². The van der Waals surface area contributed by atoms with E-state index in [4.69, 9.17) is 4.98 Å². The number of fused-ring (bicyclic) bond motifs is 4. The summed E-state index contributed by atoms with van der Waals surface area (Å²) in [5.41, 5.74) is 5.03. The van der Waals surface area contributed by atoms with Gasteiger partial charge in [-0.05, 0) is 48.4 Å². The number of anilines is 1. The standard InChI is InChI=1S/C29H26N2OS/c32-28-29(23-14-7-8-15-24(23)31(28)20-22-12-5-2-6-13-22)19-9-16-25-27(29)30-26(33-25)18-17-21-10-3-1-4-11-21/h1-8,10-15H,9,16-20H2. The number of benzene rings is 3. The number of aryl methyl sites for hydroxylation is 3. The highest BCUT2D eigenvalue weighted by Gasteiger charge is 2.55. The second kappa shape index (κ2) is 8.27. The summed E-state index contributed by atoms with van der Waals surface area (Å²) in [7, 11) is 0. The second-order valence-corrected chi connectivity index (χ2v) is 10.2. The lowest BCUT2D eigenvalue weighted by Crippen LogP contribution is -2.43. The van der Waals surface area contributed by atoms with Crippen molar-refractivity contribution in [3.63, 3.8) is 0 Å².